The highest BCUT2D eigenvalue weighted by Gasteiger charge is 2.37. The number of aliphatic hydroxyl groups is 1. The first kappa shape index (κ1) is 11.5. The van der Waals surface area contributed by atoms with Crippen LogP contribution in [0.15, 0.2) is 0 Å². The summed E-state index contributed by atoms with van der Waals surface area (Å²) in [5.74, 6) is 1.08. The molecule has 2 rings (SSSR count). The molecular formula is C10H18N4O2. The summed E-state index contributed by atoms with van der Waals surface area (Å²) >= 11 is 0. The maximum absolute atomic E-state index is 10.1. The minimum atomic E-state index is -0.531. The molecule has 0 bridgehead atoms. The Labute approximate surface area is 94.6 Å². The summed E-state index contributed by atoms with van der Waals surface area (Å²) in [6, 6.07) is 0. The van der Waals surface area contributed by atoms with Gasteiger partial charge < -0.3 is 9.84 Å². The number of aryl methyl sites for hydroxylation is 1. The van der Waals surface area contributed by atoms with Crippen LogP contribution in [-0.2, 0) is 18.2 Å². The van der Waals surface area contributed by atoms with Crippen molar-refractivity contribution in [2.45, 2.75) is 38.4 Å². The zero-order valence-electron chi connectivity index (χ0n) is 9.70. The molecule has 1 heterocycles. The zero-order chi connectivity index (χ0) is 11.5. The van der Waals surface area contributed by atoms with E-state index < -0.39 is 6.10 Å². The van der Waals surface area contributed by atoms with E-state index in [1.165, 1.54) is 4.80 Å². The molecule has 90 valence electrons. The fourth-order valence-electron chi connectivity index (χ4n) is 1.89. The van der Waals surface area contributed by atoms with E-state index in [2.05, 4.69) is 15.4 Å². The Morgan fingerprint density at radius 2 is 2.31 bits per heavy atom. The van der Waals surface area contributed by atoms with Gasteiger partial charge >= 0.3 is 0 Å². The van der Waals surface area contributed by atoms with Gasteiger partial charge in [-0.3, -0.25) is 0 Å². The van der Waals surface area contributed by atoms with E-state index in [4.69, 9.17) is 4.74 Å². The Bertz CT molecular complexity index is 337. The highest BCUT2D eigenvalue weighted by molar-refractivity contribution is 4.91. The van der Waals surface area contributed by atoms with E-state index in [0.29, 0.717) is 24.8 Å². The van der Waals surface area contributed by atoms with Crippen molar-refractivity contribution < 1.29 is 9.84 Å². The van der Waals surface area contributed by atoms with Gasteiger partial charge in [0, 0.05) is 13.0 Å². The lowest BCUT2D eigenvalue weighted by atomic mass is 10.1. The second-order valence-corrected chi connectivity index (χ2v) is 4.22. The van der Waals surface area contributed by atoms with Crippen LogP contribution in [0.25, 0.3) is 0 Å². The fourth-order valence-corrected chi connectivity index (χ4v) is 1.89. The number of ether oxygens (including phenoxy) is 1. The lowest BCUT2D eigenvalue weighted by Gasteiger charge is -2.21. The van der Waals surface area contributed by atoms with E-state index in [1.807, 2.05) is 6.92 Å². The number of rotatable bonds is 6. The molecule has 0 saturated heterocycles. The van der Waals surface area contributed by atoms with Crippen LogP contribution in [0.3, 0.4) is 0 Å². The Balaban J connectivity index is 1.91. The molecule has 1 aromatic heterocycles. The predicted octanol–water partition coefficient (Wildman–Crippen LogP) is -0.0714. The molecule has 6 nitrogen and oxygen atoms in total. The minimum Gasteiger partial charge on any atom is -0.390 e. The van der Waals surface area contributed by atoms with Crippen LogP contribution in [-0.4, -0.2) is 44.1 Å². The van der Waals surface area contributed by atoms with Crippen LogP contribution in [0.5, 0.6) is 0 Å². The van der Waals surface area contributed by atoms with Crippen LogP contribution < -0.4 is 0 Å². The summed E-state index contributed by atoms with van der Waals surface area (Å²) in [5, 5.41) is 21.7. The van der Waals surface area contributed by atoms with Crippen molar-refractivity contribution in [1.29, 1.82) is 0 Å². The number of hydrogen-bond acceptors (Lipinski definition) is 5. The molecule has 2 atom stereocenters. The van der Waals surface area contributed by atoms with Gasteiger partial charge in [0.2, 0.25) is 0 Å². The summed E-state index contributed by atoms with van der Waals surface area (Å²) < 4.78 is 5.57. The Morgan fingerprint density at radius 1 is 1.56 bits per heavy atom. The molecule has 1 aliphatic rings. The van der Waals surface area contributed by atoms with Crippen molar-refractivity contribution in [3.05, 3.63) is 5.82 Å². The van der Waals surface area contributed by atoms with Gasteiger partial charge in [0.05, 0.1) is 19.3 Å². The molecule has 1 aromatic rings. The molecular weight excluding hydrogens is 208 g/mol. The van der Waals surface area contributed by atoms with Gasteiger partial charge in [-0.25, -0.2) is 0 Å². The molecule has 0 aromatic carbocycles. The van der Waals surface area contributed by atoms with Gasteiger partial charge in [-0.1, -0.05) is 0 Å². The predicted molar refractivity (Wildman–Crippen MR) is 56.6 cm³/mol. The first-order valence-corrected chi connectivity index (χ1v) is 5.73. The van der Waals surface area contributed by atoms with Crippen LogP contribution in [0.4, 0.5) is 0 Å². The molecule has 1 aliphatic carbocycles. The van der Waals surface area contributed by atoms with E-state index in [-0.39, 0.29) is 6.10 Å². The average molecular weight is 226 g/mol. The number of aromatic nitrogens is 4. The smallest absolute Gasteiger partial charge is 0.177 e. The van der Waals surface area contributed by atoms with E-state index in [9.17, 15) is 5.11 Å². The molecule has 1 N–H and O–H groups in total. The summed E-state index contributed by atoms with van der Waals surface area (Å²) in [6.45, 7) is 2.58. The molecule has 0 aliphatic heterocycles. The van der Waals surface area contributed by atoms with Gasteiger partial charge in [0.15, 0.2) is 5.82 Å². The lowest BCUT2D eigenvalue weighted by molar-refractivity contribution is -0.0446. The quantitative estimate of drug-likeness (QED) is 0.735. The fraction of sp³-hybridized carbons (Fsp3) is 0.900. The summed E-state index contributed by atoms with van der Waals surface area (Å²) in [4.78, 5) is 1.40. The summed E-state index contributed by atoms with van der Waals surface area (Å²) in [7, 11) is 1.71. The van der Waals surface area contributed by atoms with Crippen molar-refractivity contribution in [1.82, 2.24) is 20.2 Å². The molecule has 1 saturated carbocycles. The van der Waals surface area contributed by atoms with Gasteiger partial charge in [-0.15, -0.1) is 10.2 Å². The van der Waals surface area contributed by atoms with E-state index in [0.717, 1.165) is 12.8 Å². The highest BCUT2D eigenvalue weighted by atomic mass is 16.5. The van der Waals surface area contributed by atoms with Gasteiger partial charge in [0.25, 0.3) is 0 Å². The van der Waals surface area contributed by atoms with Crippen LogP contribution in [0.2, 0.25) is 0 Å². The van der Waals surface area contributed by atoms with Gasteiger partial charge in [-0.05, 0) is 30.9 Å². The molecule has 2 unspecified atom stereocenters. The molecule has 0 amide bonds. The number of nitrogens with zero attached hydrogens (tertiary/aromatic N) is 4. The maximum Gasteiger partial charge on any atom is 0.177 e. The third kappa shape index (κ3) is 2.76. The third-order valence-corrected chi connectivity index (χ3v) is 2.77. The highest BCUT2D eigenvalue weighted by Crippen LogP contribution is 2.36. The van der Waals surface area contributed by atoms with Gasteiger partial charge in [-0.2, -0.15) is 4.80 Å². The third-order valence-electron chi connectivity index (χ3n) is 2.77. The first-order chi connectivity index (χ1) is 7.70. The van der Waals surface area contributed by atoms with Crippen LogP contribution in [0, 0.1) is 5.92 Å². The summed E-state index contributed by atoms with van der Waals surface area (Å²) in [5.41, 5.74) is 0. The number of hydrogen-bond donors (Lipinski definition) is 1. The maximum atomic E-state index is 10.1. The first-order valence-electron chi connectivity index (χ1n) is 5.73. The lowest BCUT2D eigenvalue weighted by Crippen LogP contribution is -2.33. The molecule has 1 fully saturated rings. The Kier molecular flexibility index (Phi) is 3.50. The molecule has 0 spiro atoms. The normalized spacial score (nSPS) is 19.7. The van der Waals surface area contributed by atoms with Crippen molar-refractivity contribution in [2.75, 3.05) is 6.61 Å². The van der Waals surface area contributed by atoms with Crippen molar-refractivity contribution in [3.8, 4) is 0 Å². The summed E-state index contributed by atoms with van der Waals surface area (Å²) in [6.07, 6.45) is 2.10. The van der Waals surface area contributed by atoms with E-state index in [1.54, 1.807) is 7.05 Å². The standard InChI is InChI=1S/C10H18N4O2/c1-3-16-10(7-4-5-7)8(15)6-9-11-13-14(2)12-9/h7-8,10,15H,3-6H2,1-2H3. The van der Waals surface area contributed by atoms with Gasteiger partial charge in [0.1, 0.15) is 0 Å². The van der Waals surface area contributed by atoms with Crippen LogP contribution >= 0.6 is 0 Å². The largest absolute Gasteiger partial charge is 0.390 e. The topological polar surface area (TPSA) is 73.1 Å². The Morgan fingerprint density at radius 3 is 2.81 bits per heavy atom. The number of tetrazole rings is 1. The van der Waals surface area contributed by atoms with Crippen molar-refractivity contribution >= 4 is 0 Å². The monoisotopic (exact) mass is 226 g/mol. The molecule has 16 heavy (non-hydrogen) atoms. The molecule has 6 heteroatoms. The zero-order valence-corrected chi connectivity index (χ0v) is 9.70. The number of aliphatic hydroxyl groups excluding tert-OH is 1. The van der Waals surface area contributed by atoms with Crippen molar-refractivity contribution in [3.63, 3.8) is 0 Å². The molecule has 0 radical (unpaired) electrons. The second kappa shape index (κ2) is 4.88. The Hall–Kier alpha value is -1.01. The SMILES string of the molecule is CCOC(C(O)Cc1nnn(C)n1)C1CC1. The second-order valence-electron chi connectivity index (χ2n) is 4.22. The van der Waals surface area contributed by atoms with Crippen LogP contribution in [0.1, 0.15) is 25.6 Å². The minimum absolute atomic E-state index is 0.0752. The average Bonchev–Trinajstić information content (AvgIpc) is 3.00. The van der Waals surface area contributed by atoms with Crippen molar-refractivity contribution in [2.24, 2.45) is 13.0 Å². The van der Waals surface area contributed by atoms with E-state index >= 15 is 0 Å².